The molecule has 7 heteroatoms. The zero-order valence-corrected chi connectivity index (χ0v) is 14.9. The Kier molecular flexibility index (Phi) is 4.88. The summed E-state index contributed by atoms with van der Waals surface area (Å²) in [5.41, 5.74) is 2.72. The first-order valence-electron chi connectivity index (χ1n) is 8.79. The minimum absolute atomic E-state index is 0.168. The van der Waals surface area contributed by atoms with E-state index in [0.717, 1.165) is 11.1 Å². The van der Waals surface area contributed by atoms with Gasteiger partial charge in [-0.25, -0.2) is 4.68 Å². The average Bonchev–Trinajstić information content (AvgIpc) is 2.75. The number of pyridine rings is 1. The Morgan fingerprint density at radius 3 is 2.57 bits per heavy atom. The highest BCUT2D eigenvalue weighted by Gasteiger charge is 2.08. The number of carbonyl (C=O) groups is 1. The molecule has 28 heavy (non-hydrogen) atoms. The Labute approximate surface area is 160 Å². The van der Waals surface area contributed by atoms with Gasteiger partial charge in [0.2, 0.25) is 0 Å². The summed E-state index contributed by atoms with van der Waals surface area (Å²) < 4.78 is 1.32. The van der Waals surface area contributed by atoms with Crippen LogP contribution in [-0.2, 0) is 13.1 Å². The molecule has 7 nitrogen and oxygen atoms in total. The molecule has 0 fully saturated rings. The third-order valence-electron chi connectivity index (χ3n) is 4.35. The normalized spacial score (nSPS) is 10.7. The van der Waals surface area contributed by atoms with Gasteiger partial charge in [0.25, 0.3) is 11.5 Å². The van der Waals surface area contributed by atoms with Crippen molar-refractivity contribution >= 4 is 16.8 Å². The van der Waals surface area contributed by atoms with Gasteiger partial charge in [0.05, 0.1) is 11.9 Å². The smallest absolute Gasteiger partial charge is 0.277 e. The fourth-order valence-electron chi connectivity index (χ4n) is 2.85. The summed E-state index contributed by atoms with van der Waals surface area (Å²) in [6, 6.07) is 17.9. The second kappa shape index (κ2) is 7.79. The van der Waals surface area contributed by atoms with Crippen molar-refractivity contribution in [3.05, 3.63) is 100 Å². The molecule has 0 saturated heterocycles. The van der Waals surface area contributed by atoms with Crippen molar-refractivity contribution in [1.82, 2.24) is 25.3 Å². The molecule has 0 aliphatic carbocycles. The summed E-state index contributed by atoms with van der Waals surface area (Å²) in [6.07, 6.45) is 3.40. The Morgan fingerprint density at radius 1 is 0.964 bits per heavy atom. The number of hydrogen-bond donors (Lipinski definition) is 1. The third kappa shape index (κ3) is 3.78. The highest BCUT2D eigenvalue weighted by molar-refractivity contribution is 5.94. The van der Waals surface area contributed by atoms with Gasteiger partial charge in [0.1, 0.15) is 5.52 Å². The minimum atomic E-state index is -0.191. The molecule has 0 spiro atoms. The van der Waals surface area contributed by atoms with Gasteiger partial charge in [-0.3, -0.25) is 14.6 Å². The molecule has 4 aromatic rings. The van der Waals surface area contributed by atoms with Crippen LogP contribution in [0.15, 0.2) is 77.9 Å². The third-order valence-corrected chi connectivity index (χ3v) is 4.35. The van der Waals surface area contributed by atoms with Crippen LogP contribution in [0.25, 0.3) is 10.9 Å². The van der Waals surface area contributed by atoms with Crippen molar-refractivity contribution in [3.63, 3.8) is 0 Å². The van der Waals surface area contributed by atoms with E-state index in [1.54, 1.807) is 42.7 Å². The number of nitrogens with one attached hydrogen (secondary N) is 1. The summed E-state index contributed by atoms with van der Waals surface area (Å²) in [4.78, 5) is 28.8. The molecular weight excluding hydrogens is 354 g/mol. The maximum atomic E-state index is 12.5. The maximum absolute atomic E-state index is 12.5. The fraction of sp³-hybridized carbons (Fsp3) is 0.0952. The number of hydrogen-bond acceptors (Lipinski definition) is 5. The van der Waals surface area contributed by atoms with Crippen LogP contribution in [0.2, 0.25) is 0 Å². The summed E-state index contributed by atoms with van der Waals surface area (Å²) in [5, 5.41) is 11.5. The molecule has 0 saturated carbocycles. The van der Waals surface area contributed by atoms with E-state index in [2.05, 4.69) is 20.6 Å². The van der Waals surface area contributed by atoms with Crippen molar-refractivity contribution in [2.24, 2.45) is 0 Å². The standard InChI is InChI=1S/C21H17N5O2/c27-20(23-13-16-4-3-11-22-12-16)17-9-7-15(8-10-17)14-26-21(28)18-5-1-2-6-19(18)24-25-26/h1-12H,13-14H2,(H,23,27). The Bertz CT molecular complexity index is 1170. The van der Waals surface area contributed by atoms with E-state index in [1.807, 2.05) is 30.3 Å². The van der Waals surface area contributed by atoms with Crippen LogP contribution in [0.3, 0.4) is 0 Å². The molecule has 2 aromatic heterocycles. The van der Waals surface area contributed by atoms with E-state index in [1.165, 1.54) is 4.68 Å². The van der Waals surface area contributed by atoms with E-state index >= 15 is 0 Å². The van der Waals surface area contributed by atoms with Crippen molar-refractivity contribution in [1.29, 1.82) is 0 Å². The first-order valence-corrected chi connectivity index (χ1v) is 8.79. The number of rotatable bonds is 5. The molecular formula is C21H17N5O2. The topological polar surface area (TPSA) is 89.8 Å². The number of aromatic nitrogens is 4. The van der Waals surface area contributed by atoms with Gasteiger partial charge in [-0.1, -0.05) is 35.5 Å². The van der Waals surface area contributed by atoms with Crippen LogP contribution in [0.1, 0.15) is 21.5 Å². The summed E-state index contributed by atoms with van der Waals surface area (Å²) in [7, 11) is 0. The van der Waals surface area contributed by atoms with Crippen LogP contribution >= 0.6 is 0 Å². The van der Waals surface area contributed by atoms with Gasteiger partial charge in [-0.05, 0) is 41.5 Å². The van der Waals surface area contributed by atoms with Gasteiger partial charge in [-0.2, -0.15) is 0 Å². The molecule has 0 aliphatic heterocycles. The van der Waals surface area contributed by atoms with Crippen LogP contribution < -0.4 is 10.9 Å². The van der Waals surface area contributed by atoms with Crippen LogP contribution in [-0.4, -0.2) is 25.9 Å². The zero-order chi connectivity index (χ0) is 19.3. The highest BCUT2D eigenvalue weighted by atomic mass is 16.1. The SMILES string of the molecule is O=C(NCc1cccnc1)c1ccc(Cn2nnc3ccccc3c2=O)cc1. The lowest BCUT2D eigenvalue weighted by atomic mass is 10.1. The average molecular weight is 371 g/mol. The van der Waals surface area contributed by atoms with Crippen molar-refractivity contribution in [2.75, 3.05) is 0 Å². The van der Waals surface area contributed by atoms with Crippen molar-refractivity contribution in [3.8, 4) is 0 Å². The van der Waals surface area contributed by atoms with Crippen LogP contribution in [0.5, 0.6) is 0 Å². The molecule has 2 aromatic carbocycles. The summed E-state index contributed by atoms with van der Waals surface area (Å²) in [5.74, 6) is -0.168. The van der Waals surface area contributed by atoms with Gasteiger partial charge >= 0.3 is 0 Å². The Balaban J connectivity index is 1.45. The molecule has 0 unspecified atom stereocenters. The van der Waals surface area contributed by atoms with Gasteiger partial charge in [-0.15, -0.1) is 5.10 Å². The lowest BCUT2D eigenvalue weighted by Crippen LogP contribution is -2.25. The molecule has 1 amide bonds. The molecule has 2 heterocycles. The molecule has 4 rings (SSSR count). The number of fused-ring (bicyclic) bond motifs is 1. The quantitative estimate of drug-likeness (QED) is 0.581. The lowest BCUT2D eigenvalue weighted by Gasteiger charge is -2.07. The Morgan fingerprint density at radius 2 is 1.79 bits per heavy atom. The second-order valence-electron chi connectivity index (χ2n) is 6.31. The maximum Gasteiger partial charge on any atom is 0.277 e. The fourth-order valence-corrected chi connectivity index (χ4v) is 2.85. The van der Waals surface area contributed by atoms with E-state index in [0.29, 0.717) is 23.0 Å². The van der Waals surface area contributed by atoms with E-state index in [-0.39, 0.29) is 18.0 Å². The number of amides is 1. The molecule has 0 bridgehead atoms. The van der Waals surface area contributed by atoms with Crippen molar-refractivity contribution < 1.29 is 4.79 Å². The minimum Gasteiger partial charge on any atom is -0.348 e. The van der Waals surface area contributed by atoms with Gasteiger partial charge < -0.3 is 5.32 Å². The van der Waals surface area contributed by atoms with E-state index in [9.17, 15) is 9.59 Å². The first-order chi connectivity index (χ1) is 13.7. The predicted octanol–water partition coefficient (Wildman–Crippen LogP) is 2.16. The van der Waals surface area contributed by atoms with Gasteiger partial charge in [0, 0.05) is 24.5 Å². The van der Waals surface area contributed by atoms with Gasteiger partial charge in [0.15, 0.2) is 0 Å². The largest absolute Gasteiger partial charge is 0.348 e. The molecule has 0 radical (unpaired) electrons. The second-order valence-corrected chi connectivity index (χ2v) is 6.31. The molecule has 0 atom stereocenters. The molecule has 1 N–H and O–H groups in total. The van der Waals surface area contributed by atoms with E-state index < -0.39 is 0 Å². The molecule has 138 valence electrons. The Hall–Kier alpha value is -3.87. The number of carbonyl (C=O) groups excluding carboxylic acids is 1. The molecule has 0 aliphatic rings. The first kappa shape index (κ1) is 17.5. The van der Waals surface area contributed by atoms with Crippen LogP contribution in [0.4, 0.5) is 0 Å². The van der Waals surface area contributed by atoms with Crippen molar-refractivity contribution in [2.45, 2.75) is 13.1 Å². The summed E-state index contributed by atoms with van der Waals surface area (Å²) in [6.45, 7) is 0.699. The predicted molar refractivity (Wildman–Crippen MR) is 105 cm³/mol. The number of nitrogens with zero attached hydrogens (tertiary/aromatic N) is 4. The lowest BCUT2D eigenvalue weighted by molar-refractivity contribution is 0.0951. The zero-order valence-electron chi connectivity index (χ0n) is 14.9. The van der Waals surface area contributed by atoms with E-state index in [4.69, 9.17) is 0 Å². The highest BCUT2D eigenvalue weighted by Crippen LogP contribution is 2.08. The van der Waals surface area contributed by atoms with Crippen LogP contribution in [0, 0.1) is 0 Å². The monoisotopic (exact) mass is 371 g/mol. The number of benzene rings is 2. The summed E-state index contributed by atoms with van der Waals surface area (Å²) >= 11 is 0.